The molecule has 0 saturated heterocycles. The van der Waals surface area contributed by atoms with Crippen molar-refractivity contribution >= 4 is 17.9 Å². The van der Waals surface area contributed by atoms with Gasteiger partial charge in [0.05, 0.1) is 0 Å². The van der Waals surface area contributed by atoms with Crippen molar-refractivity contribution in [2.45, 2.75) is 12.8 Å². The highest BCUT2D eigenvalue weighted by Gasteiger charge is 2.04. The van der Waals surface area contributed by atoms with Crippen LogP contribution in [0.1, 0.15) is 12.0 Å². The summed E-state index contributed by atoms with van der Waals surface area (Å²) < 4.78 is 0. The summed E-state index contributed by atoms with van der Waals surface area (Å²) in [6.45, 7) is 0. The van der Waals surface area contributed by atoms with E-state index in [9.17, 15) is 9.90 Å². The van der Waals surface area contributed by atoms with Crippen LogP contribution in [-0.2, 0) is 11.2 Å². The van der Waals surface area contributed by atoms with Crippen molar-refractivity contribution < 1.29 is 9.90 Å². The Morgan fingerprint density at radius 3 is 2.83 bits per heavy atom. The van der Waals surface area contributed by atoms with E-state index < -0.39 is 0 Å². The van der Waals surface area contributed by atoms with Crippen LogP contribution in [-0.4, -0.2) is 11.4 Å². The lowest BCUT2D eigenvalue weighted by molar-refractivity contribution is -0.107. The fourth-order valence-corrected chi connectivity index (χ4v) is 1.26. The second-order valence-corrected chi connectivity index (χ2v) is 2.85. The highest BCUT2D eigenvalue weighted by Crippen LogP contribution is 2.25. The number of carbonyl (C=O) groups excluding carboxylic acids is 1. The Kier molecular flexibility index (Phi) is 3.11. The molecule has 0 aliphatic carbocycles. The number of hydrogen-bond donors (Lipinski definition) is 1. The molecular formula is C9H9ClO2. The molecule has 0 radical (unpaired) electrons. The molecule has 1 N–H and O–H groups in total. The van der Waals surface area contributed by atoms with Crippen molar-refractivity contribution in [2.75, 3.05) is 0 Å². The zero-order chi connectivity index (χ0) is 8.97. The molecule has 0 spiro atoms. The van der Waals surface area contributed by atoms with Gasteiger partial charge in [-0.25, -0.2) is 0 Å². The summed E-state index contributed by atoms with van der Waals surface area (Å²) in [6, 6.07) is 4.93. The van der Waals surface area contributed by atoms with Gasteiger partial charge in [0.2, 0.25) is 0 Å². The first-order valence-electron chi connectivity index (χ1n) is 3.65. The standard InChI is InChI=1S/C9H9ClO2/c10-8-4-1-5-9(12)7(8)3-2-6-11/h1,4-6,12H,2-3H2. The molecule has 64 valence electrons. The topological polar surface area (TPSA) is 37.3 Å². The monoisotopic (exact) mass is 184 g/mol. The summed E-state index contributed by atoms with van der Waals surface area (Å²) in [4.78, 5) is 10.1. The van der Waals surface area contributed by atoms with E-state index in [0.29, 0.717) is 23.4 Å². The van der Waals surface area contributed by atoms with Gasteiger partial charge < -0.3 is 9.90 Å². The van der Waals surface area contributed by atoms with Crippen molar-refractivity contribution in [1.82, 2.24) is 0 Å². The lowest BCUT2D eigenvalue weighted by Crippen LogP contribution is -1.88. The molecule has 0 aliphatic rings. The Morgan fingerprint density at radius 1 is 1.50 bits per heavy atom. The molecule has 1 aromatic rings. The fraction of sp³-hybridized carbons (Fsp3) is 0.222. The van der Waals surface area contributed by atoms with Crippen molar-refractivity contribution in [3.8, 4) is 5.75 Å². The Morgan fingerprint density at radius 2 is 2.25 bits per heavy atom. The van der Waals surface area contributed by atoms with E-state index in [-0.39, 0.29) is 5.75 Å². The maximum absolute atomic E-state index is 10.1. The van der Waals surface area contributed by atoms with Crippen molar-refractivity contribution in [2.24, 2.45) is 0 Å². The molecule has 0 heterocycles. The zero-order valence-electron chi connectivity index (χ0n) is 6.46. The molecule has 0 aliphatic heterocycles. The van der Waals surface area contributed by atoms with Crippen LogP contribution in [0.2, 0.25) is 5.02 Å². The molecule has 3 heteroatoms. The summed E-state index contributed by atoms with van der Waals surface area (Å²) in [5.41, 5.74) is 0.645. The average Bonchev–Trinajstić information content (AvgIpc) is 2.04. The van der Waals surface area contributed by atoms with Gasteiger partial charge in [-0.2, -0.15) is 0 Å². The minimum Gasteiger partial charge on any atom is -0.508 e. The average molecular weight is 185 g/mol. The number of carbonyl (C=O) groups is 1. The van der Waals surface area contributed by atoms with Gasteiger partial charge >= 0.3 is 0 Å². The Bertz CT molecular complexity index is 264. The number of aromatic hydroxyl groups is 1. The SMILES string of the molecule is O=CCCc1c(O)cccc1Cl. The molecular weight excluding hydrogens is 176 g/mol. The zero-order valence-corrected chi connectivity index (χ0v) is 7.21. The number of aldehydes is 1. The second-order valence-electron chi connectivity index (χ2n) is 2.44. The third kappa shape index (κ3) is 1.98. The first-order valence-corrected chi connectivity index (χ1v) is 4.03. The van der Waals surface area contributed by atoms with E-state index in [0.717, 1.165) is 6.29 Å². The minimum atomic E-state index is 0.157. The largest absolute Gasteiger partial charge is 0.508 e. The highest BCUT2D eigenvalue weighted by molar-refractivity contribution is 6.31. The van der Waals surface area contributed by atoms with Gasteiger partial charge in [-0.3, -0.25) is 0 Å². The molecule has 12 heavy (non-hydrogen) atoms. The maximum atomic E-state index is 10.1. The van der Waals surface area contributed by atoms with Gasteiger partial charge in [-0.1, -0.05) is 17.7 Å². The predicted octanol–water partition coefficient (Wildman–Crippen LogP) is 2.18. The van der Waals surface area contributed by atoms with Crippen LogP contribution in [0.25, 0.3) is 0 Å². The van der Waals surface area contributed by atoms with Gasteiger partial charge in [-0.15, -0.1) is 0 Å². The van der Waals surface area contributed by atoms with E-state index in [1.807, 2.05) is 0 Å². The number of phenols is 1. The number of halogens is 1. The van der Waals surface area contributed by atoms with Crippen molar-refractivity contribution in [3.63, 3.8) is 0 Å². The van der Waals surface area contributed by atoms with E-state index in [4.69, 9.17) is 11.6 Å². The van der Waals surface area contributed by atoms with Crippen molar-refractivity contribution in [1.29, 1.82) is 0 Å². The van der Waals surface area contributed by atoms with Crippen LogP contribution in [0, 0.1) is 0 Å². The fourth-order valence-electron chi connectivity index (χ4n) is 0.998. The Labute approximate surface area is 75.8 Å². The molecule has 0 fully saturated rings. The predicted molar refractivity (Wildman–Crippen MR) is 47.5 cm³/mol. The molecule has 0 saturated carbocycles. The molecule has 0 unspecified atom stereocenters. The summed E-state index contributed by atoms with van der Waals surface area (Å²) >= 11 is 5.79. The molecule has 1 aromatic carbocycles. The van der Waals surface area contributed by atoms with Gasteiger partial charge in [0.25, 0.3) is 0 Å². The van der Waals surface area contributed by atoms with E-state index in [1.54, 1.807) is 18.2 Å². The molecule has 0 amide bonds. The van der Waals surface area contributed by atoms with Crippen LogP contribution in [0.5, 0.6) is 5.75 Å². The van der Waals surface area contributed by atoms with Gasteiger partial charge in [0.15, 0.2) is 0 Å². The second kappa shape index (κ2) is 4.12. The van der Waals surface area contributed by atoms with Crippen molar-refractivity contribution in [3.05, 3.63) is 28.8 Å². The maximum Gasteiger partial charge on any atom is 0.120 e. The normalized spacial score (nSPS) is 9.75. The van der Waals surface area contributed by atoms with Gasteiger partial charge in [0, 0.05) is 17.0 Å². The first kappa shape index (κ1) is 9.07. The molecule has 0 atom stereocenters. The van der Waals surface area contributed by atoms with Crippen LogP contribution in [0.4, 0.5) is 0 Å². The Balaban J connectivity index is 2.88. The lowest BCUT2D eigenvalue weighted by atomic mass is 10.1. The first-order chi connectivity index (χ1) is 5.75. The Hall–Kier alpha value is -1.02. The number of rotatable bonds is 3. The lowest BCUT2D eigenvalue weighted by Gasteiger charge is -2.03. The van der Waals surface area contributed by atoms with Crippen LogP contribution in [0.3, 0.4) is 0 Å². The number of phenolic OH excluding ortho intramolecular Hbond substituents is 1. The third-order valence-electron chi connectivity index (χ3n) is 1.61. The number of benzene rings is 1. The quantitative estimate of drug-likeness (QED) is 0.732. The summed E-state index contributed by atoms with van der Waals surface area (Å²) in [7, 11) is 0. The smallest absolute Gasteiger partial charge is 0.120 e. The van der Waals surface area contributed by atoms with E-state index in [1.165, 1.54) is 0 Å². The van der Waals surface area contributed by atoms with Crippen LogP contribution < -0.4 is 0 Å². The molecule has 0 aromatic heterocycles. The van der Waals surface area contributed by atoms with Gasteiger partial charge in [-0.05, 0) is 18.6 Å². The minimum absolute atomic E-state index is 0.157. The summed E-state index contributed by atoms with van der Waals surface area (Å²) in [5.74, 6) is 0.157. The van der Waals surface area contributed by atoms with Gasteiger partial charge in [0.1, 0.15) is 12.0 Å². The van der Waals surface area contributed by atoms with Crippen LogP contribution in [0.15, 0.2) is 18.2 Å². The third-order valence-corrected chi connectivity index (χ3v) is 1.96. The molecule has 0 bridgehead atoms. The number of hydrogen-bond acceptors (Lipinski definition) is 2. The summed E-state index contributed by atoms with van der Waals surface area (Å²) in [5, 5.41) is 9.83. The summed E-state index contributed by atoms with van der Waals surface area (Å²) in [6.07, 6.45) is 1.69. The van der Waals surface area contributed by atoms with E-state index >= 15 is 0 Å². The molecule has 1 rings (SSSR count). The van der Waals surface area contributed by atoms with E-state index in [2.05, 4.69) is 0 Å². The highest BCUT2D eigenvalue weighted by atomic mass is 35.5. The van der Waals surface area contributed by atoms with Crippen LogP contribution >= 0.6 is 11.6 Å². The molecule has 2 nitrogen and oxygen atoms in total.